The molecule has 0 spiro atoms. The number of nitrogens with one attached hydrogen (secondary N) is 3. The number of piperidine rings is 2. The molecule has 0 unspecified atom stereocenters. The van der Waals surface area contributed by atoms with E-state index in [9.17, 15) is 4.79 Å². The van der Waals surface area contributed by atoms with Crippen LogP contribution in [0, 0.1) is 0 Å². The Bertz CT molecular complexity index is 720. The van der Waals surface area contributed by atoms with Crippen molar-refractivity contribution in [1.82, 2.24) is 10.6 Å². The highest BCUT2D eigenvalue weighted by molar-refractivity contribution is 5.74. The Hall–Kier alpha value is -2.33. The van der Waals surface area contributed by atoms with Crippen LogP contribution in [0.3, 0.4) is 0 Å². The number of carbonyl (C=O) groups excluding carboxylic acids is 1. The third-order valence-electron chi connectivity index (χ3n) is 6.17. The van der Waals surface area contributed by atoms with E-state index in [0.717, 1.165) is 24.9 Å². The lowest BCUT2D eigenvalue weighted by Crippen LogP contribution is -3.20. The maximum atomic E-state index is 12.3. The van der Waals surface area contributed by atoms with Gasteiger partial charge in [0.25, 0.3) is 0 Å². The van der Waals surface area contributed by atoms with Gasteiger partial charge in [0.1, 0.15) is 6.54 Å². The molecule has 27 heavy (non-hydrogen) atoms. The lowest BCUT2D eigenvalue weighted by Gasteiger charge is -2.46. The molecule has 2 aromatic carbocycles. The van der Waals surface area contributed by atoms with Gasteiger partial charge in [-0.2, -0.15) is 0 Å². The topological polar surface area (TPSA) is 45.6 Å². The lowest BCUT2D eigenvalue weighted by atomic mass is 9.81. The number of carbonyl (C=O) groups is 1. The summed E-state index contributed by atoms with van der Waals surface area (Å²) in [4.78, 5) is 14.1. The summed E-state index contributed by atoms with van der Waals surface area (Å²) >= 11 is 0. The first kappa shape index (κ1) is 18.1. The Kier molecular flexibility index (Phi) is 5.73. The predicted octanol–water partition coefficient (Wildman–Crippen LogP) is 2.65. The van der Waals surface area contributed by atoms with Crippen LogP contribution in [-0.4, -0.2) is 24.2 Å². The molecule has 2 aliphatic heterocycles. The SMILES string of the molecule is O=C(NCc1ccccc1)NC1C[C@H]2CCC[C@H](C1)[NH+]2Cc1ccccc1. The molecule has 2 aromatic rings. The van der Waals surface area contributed by atoms with Crippen molar-refractivity contribution in [2.24, 2.45) is 0 Å². The van der Waals surface area contributed by atoms with Crippen molar-refractivity contribution in [3.05, 3.63) is 71.8 Å². The monoisotopic (exact) mass is 364 g/mol. The minimum Gasteiger partial charge on any atom is -0.335 e. The van der Waals surface area contributed by atoms with Gasteiger partial charge in [0.05, 0.1) is 12.1 Å². The van der Waals surface area contributed by atoms with Gasteiger partial charge in [-0.1, -0.05) is 60.7 Å². The van der Waals surface area contributed by atoms with E-state index in [1.165, 1.54) is 24.8 Å². The Morgan fingerprint density at radius 2 is 1.48 bits per heavy atom. The van der Waals surface area contributed by atoms with Gasteiger partial charge in [-0.25, -0.2) is 4.79 Å². The van der Waals surface area contributed by atoms with Crippen molar-refractivity contribution in [2.45, 2.75) is 63.3 Å². The molecule has 2 amide bonds. The zero-order valence-corrected chi connectivity index (χ0v) is 15.9. The van der Waals surface area contributed by atoms with Gasteiger partial charge >= 0.3 is 6.03 Å². The highest BCUT2D eigenvalue weighted by atomic mass is 16.2. The zero-order chi connectivity index (χ0) is 18.5. The van der Waals surface area contributed by atoms with Crippen LogP contribution in [0.1, 0.15) is 43.2 Å². The summed E-state index contributed by atoms with van der Waals surface area (Å²) in [6, 6.07) is 22.5. The molecule has 2 aliphatic rings. The first-order chi connectivity index (χ1) is 13.3. The standard InChI is InChI=1S/C23H29N3O/c27-23(24-16-18-8-3-1-4-9-18)25-20-14-21-12-7-13-22(15-20)26(21)17-19-10-5-2-6-11-19/h1-6,8-11,20-22H,7,12-17H2,(H2,24,25,27)/p+1/t21-,22-/m1/s1. The second kappa shape index (κ2) is 8.57. The Labute approximate surface area is 162 Å². The predicted molar refractivity (Wildman–Crippen MR) is 107 cm³/mol. The lowest BCUT2D eigenvalue weighted by molar-refractivity contribution is -0.973. The van der Waals surface area contributed by atoms with Crippen molar-refractivity contribution < 1.29 is 9.69 Å². The van der Waals surface area contributed by atoms with Gasteiger partial charge in [0.2, 0.25) is 0 Å². The van der Waals surface area contributed by atoms with Gasteiger partial charge in [0.15, 0.2) is 0 Å². The largest absolute Gasteiger partial charge is 0.335 e. The fraction of sp³-hybridized carbons (Fsp3) is 0.435. The molecule has 2 saturated heterocycles. The minimum atomic E-state index is -0.0339. The van der Waals surface area contributed by atoms with Crippen molar-refractivity contribution >= 4 is 6.03 Å². The van der Waals surface area contributed by atoms with E-state index in [0.29, 0.717) is 24.7 Å². The average Bonchev–Trinajstić information content (AvgIpc) is 2.69. The number of fused-ring (bicyclic) bond motifs is 2. The molecule has 0 radical (unpaired) electrons. The molecule has 2 heterocycles. The van der Waals surface area contributed by atoms with E-state index in [4.69, 9.17) is 0 Å². The molecule has 2 fully saturated rings. The van der Waals surface area contributed by atoms with Crippen LogP contribution in [0.25, 0.3) is 0 Å². The van der Waals surface area contributed by atoms with E-state index in [2.05, 4.69) is 41.0 Å². The minimum absolute atomic E-state index is 0.0339. The van der Waals surface area contributed by atoms with Crippen LogP contribution in [0.5, 0.6) is 0 Å². The number of benzene rings is 2. The second-order valence-electron chi connectivity index (χ2n) is 8.04. The van der Waals surface area contributed by atoms with E-state index in [1.807, 2.05) is 30.3 Å². The van der Waals surface area contributed by atoms with Crippen LogP contribution in [0.15, 0.2) is 60.7 Å². The Morgan fingerprint density at radius 1 is 0.889 bits per heavy atom. The molecule has 0 saturated carbocycles. The molecule has 4 heteroatoms. The number of amides is 2. The molecule has 0 aliphatic carbocycles. The summed E-state index contributed by atoms with van der Waals surface area (Å²) in [5.41, 5.74) is 2.56. The first-order valence-electron chi connectivity index (χ1n) is 10.3. The second-order valence-corrected chi connectivity index (χ2v) is 8.04. The van der Waals surface area contributed by atoms with Crippen molar-refractivity contribution in [3.63, 3.8) is 0 Å². The van der Waals surface area contributed by atoms with Gasteiger partial charge in [0, 0.05) is 31.0 Å². The average molecular weight is 365 g/mol. The van der Waals surface area contributed by atoms with E-state index in [1.54, 1.807) is 4.90 Å². The van der Waals surface area contributed by atoms with Gasteiger partial charge in [-0.05, 0) is 24.8 Å². The van der Waals surface area contributed by atoms with Crippen LogP contribution < -0.4 is 15.5 Å². The fourth-order valence-corrected chi connectivity index (χ4v) is 4.89. The van der Waals surface area contributed by atoms with Gasteiger partial charge < -0.3 is 15.5 Å². The highest BCUT2D eigenvalue weighted by Gasteiger charge is 2.42. The third kappa shape index (κ3) is 4.69. The maximum absolute atomic E-state index is 12.3. The number of urea groups is 1. The quantitative estimate of drug-likeness (QED) is 0.750. The van der Waals surface area contributed by atoms with Crippen molar-refractivity contribution in [1.29, 1.82) is 0 Å². The fourth-order valence-electron chi connectivity index (χ4n) is 4.89. The Morgan fingerprint density at radius 3 is 2.11 bits per heavy atom. The summed E-state index contributed by atoms with van der Waals surface area (Å²) in [5.74, 6) is 0. The number of quaternary nitrogens is 1. The summed E-state index contributed by atoms with van der Waals surface area (Å²) in [7, 11) is 0. The zero-order valence-electron chi connectivity index (χ0n) is 15.9. The molecule has 4 rings (SSSR count). The van der Waals surface area contributed by atoms with E-state index >= 15 is 0 Å². The maximum Gasteiger partial charge on any atom is 0.315 e. The number of hydrogen-bond acceptors (Lipinski definition) is 1. The van der Waals surface area contributed by atoms with E-state index < -0.39 is 0 Å². The van der Waals surface area contributed by atoms with Crippen molar-refractivity contribution in [2.75, 3.05) is 0 Å². The number of hydrogen-bond donors (Lipinski definition) is 3. The number of rotatable bonds is 5. The summed E-state index contributed by atoms with van der Waals surface area (Å²) < 4.78 is 0. The van der Waals surface area contributed by atoms with E-state index in [-0.39, 0.29) is 6.03 Å². The summed E-state index contributed by atoms with van der Waals surface area (Å²) in [6.45, 7) is 1.70. The molecule has 142 valence electrons. The van der Waals surface area contributed by atoms with Gasteiger partial charge in [-0.15, -0.1) is 0 Å². The Balaban J connectivity index is 1.31. The smallest absolute Gasteiger partial charge is 0.315 e. The first-order valence-corrected chi connectivity index (χ1v) is 10.3. The molecule has 3 N–H and O–H groups in total. The molecular weight excluding hydrogens is 334 g/mol. The summed E-state index contributed by atoms with van der Waals surface area (Å²) in [6.07, 6.45) is 6.08. The summed E-state index contributed by atoms with van der Waals surface area (Å²) in [5, 5.41) is 6.24. The van der Waals surface area contributed by atoms with Crippen molar-refractivity contribution in [3.8, 4) is 0 Å². The normalized spacial score (nSPS) is 27.0. The molecular formula is C23H30N3O+. The van der Waals surface area contributed by atoms with Crippen LogP contribution in [-0.2, 0) is 13.1 Å². The van der Waals surface area contributed by atoms with Gasteiger partial charge in [-0.3, -0.25) is 0 Å². The van der Waals surface area contributed by atoms with Crippen LogP contribution in [0.2, 0.25) is 0 Å². The molecule has 2 bridgehead atoms. The van der Waals surface area contributed by atoms with Crippen LogP contribution >= 0.6 is 0 Å². The molecule has 2 atom stereocenters. The highest BCUT2D eigenvalue weighted by Crippen LogP contribution is 2.22. The molecule has 4 nitrogen and oxygen atoms in total. The third-order valence-corrected chi connectivity index (χ3v) is 6.17. The van der Waals surface area contributed by atoms with Crippen LogP contribution in [0.4, 0.5) is 4.79 Å². The molecule has 0 aromatic heterocycles.